The normalized spacial score (nSPS) is 11.0. The summed E-state index contributed by atoms with van der Waals surface area (Å²) in [5.74, 6) is -0.485. The highest BCUT2D eigenvalue weighted by atomic mass is 32.1. The lowest BCUT2D eigenvalue weighted by Gasteiger charge is -2.22. The molecule has 4 rings (SSSR count). The van der Waals surface area contributed by atoms with E-state index in [4.69, 9.17) is 0 Å². The van der Waals surface area contributed by atoms with Crippen molar-refractivity contribution in [1.29, 1.82) is 0 Å². The highest BCUT2D eigenvalue weighted by Gasteiger charge is 2.19. The van der Waals surface area contributed by atoms with Crippen LogP contribution in [0, 0.1) is 5.82 Å². The number of nitrogens with one attached hydrogen (secondary N) is 1. The minimum atomic E-state index is -0.351. The standard InChI is InChI=1S/C23H20FN3OS/c1-27(23-26-22-18(24)13-8-14-19(22)29-23)15-20(28)25-21(16-9-4-2-5-10-16)17-11-6-3-7-12-17/h2-14,21H,15H2,1H3,(H,25,28). The van der Waals surface area contributed by atoms with Crippen LogP contribution in [0.1, 0.15) is 17.2 Å². The van der Waals surface area contributed by atoms with Gasteiger partial charge in [-0.1, -0.05) is 78.1 Å². The first kappa shape index (κ1) is 19.1. The van der Waals surface area contributed by atoms with Gasteiger partial charge < -0.3 is 10.2 Å². The number of likely N-dealkylation sites (N-methyl/N-ethyl adjacent to an activating group) is 1. The second-order valence-corrected chi connectivity index (χ2v) is 7.77. The van der Waals surface area contributed by atoms with E-state index >= 15 is 0 Å². The van der Waals surface area contributed by atoms with Crippen LogP contribution < -0.4 is 10.2 Å². The smallest absolute Gasteiger partial charge is 0.240 e. The van der Waals surface area contributed by atoms with Crippen molar-refractivity contribution < 1.29 is 9.18 Å². The Bertz CT molecular complexity index is 1080. The molecule has 0 bridgehead atoms. The fourth-order valence-electron chi connectivity index (χ4n) is 3.21. The molecule has 0 saturated carbocycles. The third kappa shape index (κ3) is 4.27. The van der Waals surface area contributed by atoms with Crippen molar-refractivity contribution in [1.82, 2.24) is 10.3 Å². The van der Waals surface area contributed by atoms with Crippen molar-refractivity contribution in [3.63, 3.8) is 0 Å². The van der Waals surface area contributed by atoms with E-state index in [1.54, 1.807) is 18.0 Å². The lowest BCUT2D eigenvalue weighted by molar-refractivity contribution is -0.120. The number of fused-ring (bicyclic) bond motifs is 1. The summed E-state index contributed by atoms with van der Waals surface area (Å²) in [5.41, 5.74) is 2.36. The van der Waals surface area contributed by atoms with Crippen molar-refractivity contribution in [2.45, 2.75) is 6.04 Å². The molecule has 0 aliphatic heterocycles. The summed E-state index contributed by atoms with van der Waals surface area (Å²) in [7, 11) is 1.79. The molecule has 0 saturated heterocycles. The Balaban J connectivity index is 1.52. The third-order valence-corrected chi connectivity index (χ3v) is 5.77. The average molecular weight is 405 g/mol. The Kier molecular flexibility index (Phi) is 5.53. The third-order valence-electron chi connectivity index (χ3n) is 4.64. The maximum Gasteiger partial charge on any atom is 0.240 e. The van der Waals surface area contributed by atoms with Gasteiger partial charge in [-0.25, -0.2) is 9.37 Å². The maximum absolute atomic E-state index is 13.9. The Morgan fingerprint density at radius 2 is 1.62 bits per heavy atom. The Morgan fingerprint density at radius 3 is 2.21 bits per heavy atom. The van der Waals surface area contributed by atoms with Crippen LogP contribution in [0.2, 0.25) is 0 Å². The van der Waals surface area contributed by atoms with Gasteiger partial charge in [-0.2, -0.15) is 0 Å². The summed E-state index contributed by atoms with van der Waals surface area (Å²) in [6, 6.07) is 24.4. The van der Waals surface area contributed by atoms with E-state index in [1.807, 2.05) is 66.7 Å². The van der Waals surface area contributed by atoms with Crippen molar-refractivity contribution in [2.24, 2.45) is 0 Å². The maximum atomic E-state index is 13.9. The van der Waals surface area contributed by atoms with Crippen LogP contribution in [0.3, 0.4) is 0 Å². The van der Waals surface area contributed by atoms with Gasteiger partial charge in [0, 0.05) is 7.05 Å². The summed E-state index contributed by atoms with van der Waals surface area (Å²) >= 11 is 1.37. The SMILES string of the molecule is CN(CC(=O)NC(c1ccccc1)c1ccccc1)c1nc2c(F)cccc2s1. The molecule has 0 atom stereocenters. The van der Waals surface area contributed by atoms with E-state index in [-0.39, 0.29) is 24.3 Å². The molecule has 6 heteroatoms. The number of nitrogens with zero attached hydrogens (tertiary/aromatic N) is 2. The minimum Gasteiger partial charge on any atom is -0.344 e. The van der Waals surface area contributed by atoms with Gasteiger partial charge in [0.2, 0.25) is 5.91 Å². The van der Waals surface area contributed by atoms with Crippen molar-refractivity contribution >= 4 is 32.6 Å². The Morgan fingerprint density at radius 1 is 1.00 bits per heavy atom. The number of carbonyl (C=O) groups excluding carboxylic acids is 1. The molecule has 3 aromatic carbocycles. The first-order valence-electron chi connectivity index (χ1n) is 9.27. The number of aromatic nitrogens is 1. The molecule has 1 amide bonds. The summed E-state index contributed by atoms with van der Waals surface area (Å²) in [5, 5.41) is 3.73. The van der Waals surface area contributed by atoms with Crippen LogP contribution in [-0.2, 0) is 4.79 Å². The highest BCUT2D eigenvalue weighted by Crippen LogP contribution is 2.29. The monoisotopic (exact) mass is 405 g/mol. The fourth-order valence-corrected chi connectivity index (χ4v) is 4.15. The molecule has 0 fully saturated rings. The topological polar surface area (TPSA) is 45.2 Å². The molecule has 0 unspecified atom stereocenters. The number of rotatable bonds is 6. The number of benzene rings is 3. The lowest BCUT2D eigenvalue weighted by Crippen LogP contribution is -2.37. The van der Waals surface area contributed by atoms with Crippen LogP contribution in [0.4, 0.5) is 9.52 Å². The fraction of sp³-hybridized carbons (Fsp3) is 0.130. The van der Waals surface area contributed by atoms with Crippen LogP contribution in [0.25, 0.3) is 10.2 Å². The first-order chi connectivity index (χ1) is 14.1. The number of hydrogen-bond donors (Lipinski definition) is 1. The van der Waals surface area contributed by atoms with Crippen molar-refractivity contribution in [2.75, 3.05) is 18.5 Å². The lowest BCUT2D eigenvalue weighted by atomic mass is 9.99. The van der Waals surface area contributed by atoms with Gasteiger partial charge >= 0.3 is 0 Å². The molecule has 1 N–H and O–H groups in total. The molecule has 4 aromatic rings. The zero-order chi connectivity index (χ0) is 20.2. The van der Waals surface area contributed by atoms with Crippen molar-refractivity contribution in [3.05, 3.63) is 95.8 Å². The number of thiazole rings is 1. The summed E-state index contributed by atoms with van der Waals surface area (Å²) in [6.45, 7) is 0.123. The molecule has 1 heterocycles. The summed E-state index contributed by atoms with van der Waals surface area (Å²) < 4.78 is 14.7. The second-order valence-electron chi connectivity index (χ2n) is 6.76. The van der Waals surface area contributed by atoms with Gasteiger partial charge in [-0.3, -0.25) is 4.79 Å². The van der Waals surface area contributed by atoms with E-state index < -0.39 is 0 Å². The van der Waals surface area contributed by atoms with Gasteiger partial charge in [0.15, 0.2) is 5.13 Å². The number of anilines is 1. The zero-order valence-electron chi connectivity index (χ0n) is 15.9. The molecule has 0 spiro atoms. The molecular formula is C23H20FN3OS. The van der Waals surface area contributed by atoms with Gasteiger partial charge in [0.05, 0.1) is 17.3 Å². The second kappa shape index (κ2) is 8.41. The van der Waals surface area contributed by atoms with E-state index in [2.05, 4.69) is 10.3 Å². The predicted octanol–water partition coefficient (Wildman–Crippen LogP) is 4.78. The Labute approximate surface area is 172 Å². The number of para-hydroxylation sites is 1. The number of amides is 1. The molecule has 4 nitrogen and oxygen atoms in total. The van der Waals surface area contributed by atoms with E-state index in [9.17, 15) is 9.18 Å². The molecule has 146 valence electrons. The Hall–Kier alpha value is -3.25. The van der Waals surface area contributed by atoms with E-state index in [1.165, 1.54) is 17.4 Å². The molecular weight excluding hydrogens is 385 g/mol. The summed E-state index contributed by atoms with van der Waals surface area (Å²) in [4.78, 5) is 18.9. The molecule has 0 aliphatic carbocycles. The molecule has 0 aliphatic rings. The number of carbonyl (C=O) groups is 1. The van der Waals surface area contributed by atoms with Gasteiger partial charge in [0.25, 0.3) is 0 Å². The van der Waals surface area contributed by atoms with Crippen molar-refractivity contribution in [3.8, 4) is 0 Å². The molecule has 1 aromatic heterocycles. The van der Waals surface area contributed by atoms with Gasteiger partial charge in [-0.05, 0) is 23.3 Å². The van der Waals surface area contributed by atoms with Crippen LogP contribution in [0.15, 0.2) is 78.9 Å². The van der Waals surface area contributed by atoms with Crippen LogP contribution in [0.5, 0.6) is 0 Å². The first-order valence-corrected chi connectivity index (χ1v) is 10.1. The molecule has 0 radical (unpaired) electrons. The van der Waals surface area contributed by atoms with Crippen LogP contribution in [-0.4, -0.2) is 24.5 Å². The zero-order valence-corrected chi connectivity index (χ0v) is 16.7. The average Bonchev–Trinajstić information content (AvgIpc) is 3.19. The summed E-state index contributed by atoms with van der Waals surface area (Å²) in [6.07, 6.45) is 0. The molecule has 29 heavy (non-hydrogen) atoms. The highest BCUT2D eigenvalue weighted by molar-refractivity contribution is 7.22. The minimum absolute atomic E-state index is 0.123. The van der Waals surface area contributed by atoms with Gasteiger partial charge in [0.1, 0.15) is 11.3 Å². The number of halogens is 1. The number of hydrogen-bond acceptors (Lipinski definition) is 4. The predicted molar refractivity (Wildman–Crippen MR) is 116 cm³/mol. The quantitative estimate of drug-likeness (QED) is 0.502. The largest absolute Gasteiger partial charge is 0.344 e. The van der Waals surface area contributed by atoms with E-state index in [0.717, 1.165) is 15.8 Å². The van der Waals surface area contributed by atoms with Gasteiger partial charge in [-0.15, -0.1) is 0 Å². The van der Waals surface area contributed by atoms with E-state index in [0.29, 0.717) is 10.6 Å². The van der Waals surface area contributed by atoms with Crippen LogP contribution >= 0.6 is 11.3 Å².